The Morgan fingerprint density at radius 3 is 2.61 bits per heavy atom. The van der Waals surface area contributed by atoms with Crippen molar-refractivity contribution in [1.29, 1.82) is 0 Å². The topological polar surface area (TPSA) is 88.4 Å². The number of hydrogen-bond donors (Lipinski definition) is 0. The van der Waals surface area contributed by atoms with Crippen LogP contribution < -0.4 is 0 Å². The van der Waals surface area contributed by atoms with Crippen LogP contribution in [0.15, 0.2) is 51.8 Å². The molecule has 1 aliphatic rings. The minimum atomic E-state index is -3.78. The summed E-state index contributed by atoms with van der Waals surface area (Å²) in [6.07, 6.45) is 0. The van der Waals surface area contributed by atoms with Gasteiger partial charge in [-0.05, 0) is 29.6 Å². The molecule has 1 saturated heterocycles. The fraction of sp³-hybridized carbons (Fsp3) is 0.316. The molecule has 0 atom stereocenters. The highest BCUT2D eigenvalue weighted by atomic mass is 32.2. The Morgan fingerprint density at radius 1 is 1.16 bits per heavy atom. The Bertz CT molecular complexity index is 1170. The van der Waals surface area contributed by atoms with Gasteiger partial charge in [-0.3, -0.25) is 4.79 Å². The van der Waals surface area contributed by atoms with E-state index in [1.54, 1.807) is 16.2 Å². The van der Waals surface area contributed by atoms with Crippen molar-refractivity contribution >= 4 is 39.0 Å². The zero-order valence-corrected chi connectivity index (χ0v) is 19.1. The molecule has 2 aromatic heterocycles. The van der Waals surface area contributed by atoms with Crippen LogP contribution in [0.5, 0.6) is 0 Å². The third-order valence-corrected chi connectivity index (χ3v) is 8.69. The highest BCUT2D eigenvalue weighted by molar-refractivity contribution is 7.99. The maximum atomic E-state index is 13.4. The van der Waals surface area contributed by atoms with Crippen LogP contribution in [0.3, 0.4) is 0 Å². The van der Waals surface area contributed by atoms with Crippen molar-refractivity contribution in [1.82, 2.24) is 24.0 Å². The third-order valence-electron chi connectivity index (χ3n) is 4.93. The molecular weight excluding hydrogens is 461 g/mol. The predicted octanol–water partition coefficient (Wildman–Crippen LogP) is 2.31. The first-order valence-electron chi connectivity index (χ1n) is 9.46. The van der Waals surface area contributed by atoms with E-state index in [-0.39, 0.29) is 42.7 Å². The monoisotopic (exact) mass is 481 g/mol. The number of hydrogen-bond acceptors (Lipinski definition) is 7. The second-order valence-corrected chi connectivity index (χ2v) is 10.7. The van der Waals surface area contributed by atoms with Crippen LogP contribution >= 0.6 is 23.1 Å². The van der Waals surface area contributed by atoms with Crippen LogP contribution in [0.4, 0.5) is 4.39 Å². The van der Waals surface area contributed by atoms with E-state index < -0.39 is 15.8 Å². The molecule has 0 spiro atoms. The summed E-state index contributed by atoms with van der Waals surface area (Å²) in [4.78, 5) is 15.2. The first-order valence-corrected chi connectivity index (χ1v) is 12.8. The Kier molecular flexibility index (Phi) is 6.42. The lowest BCUT2D eigenvalue weighted by Crippen LogP contribution is -2.51. The van der Waals surface area contributed by atoms with Gasteiger partial charge in [0, 0.05) is 33.2 Å². The van der Waals surface area contributed by atoms with Gasteiger partial charge >= 0.3 is 0 Å². The van der Waals surface area contributed by atoms with Gasteiger partial charge in [0.1, 0.15) is 5.82 Å². The Balaban J connectivity index is 1.33. The van der Waals surface area contributed by atoms with Gasteiger partial charge in [0.05, 0.1) is 15.5 Å². The van der Waals surface area contributed by atoms with Crippen molar-refractivity contribution in [3.63, 3.8) is 0 Å². The molecule has 8 nitrogen and oxygen atoms in total. The number of sulfonamides is 1. The van der Waals surface area contributed by atoms with Crippen LogP contribution in [0.2, 0.25) is 0 Å². The van der Waals surface area contributed by atoms with E-state index >= 15 is 0 Å². The van der Waals surface area contributed by atoms with E-state index in [1.165, 1.54) is 34.3 Å². The van der Waals surface area contributed by atoms with Gasteiger partial charge in [-0.15, -0.1) is 21.5 Å². The number of thiophene rings is 1. The molecule has 1 fully saturated rings. The average Bonchev–Trinajstić information content (AvgIpc) is 3.42. The number of thioether (sulfide) groups is 1. The molecular formula is C19H20FN5O3S3. The lowest BCUT2D eigenvalue weighted by molar-refractivity contribution is -0.129. The van der Waals surface area contributed by atoms with Crippen LogP contribution in [-0.2, 0) is 21.9 Å². The predicted molar refractivity (Wildman–Crippen MR) is 117 cm³/mol. The molecule has 4 rings (SSSR count). The van der Waals surface area contributed by atoms with Crippen LogP contribution in [-0.4, -0.2) is 70.2 Å². The SMILES string of the molecule is Cn1c(SCC(=O)N2CCN(S(=O)(=O)c3cccc(F)c3)CC2)nnc1-c1cccs1. The smallest absolute Gasteiger partial charge is 0.243 e. The number of benzene rings is 1. The van der Waals surface area contributed by atoms with Gasteiger partial charge < -0.3 is 9.47 Å². The van der Waals surface area contributed by atoms with Gasteiger partial charge in [0.25, 0.3) is 0 Å². The summed E-state index contributed by atoms with van der Waals surface area (Å²) in [5.74, 6) is 0.250. The fourth-order valence-electron chi connectivity index (χ4n) is 3.23. The molecule has 1 amide bonds. The highest BCUT2D eigenvalue weighted by Crippen LogP contribution is 2.26. The zero-order chi connectivity index (χ0) is 22.0. The van der Waals surface area contributed by atoms with Crippen LogP contribution in [0, 0.1) is 5.82 Å². The summed E-state index contributed by atoms with van der Waals surface area (Å²) in [6.45, 7) is 0.907. The molecule has 0 bridgehead atoms. The van der Waals surface area contributed by atoms with Gasteiger partial charge in [0.2, 0.25) is 15.9 Å². The van der Waals surface area contributed by atoms with Crippen molar-refractivity contribution < 1.29 is 17.6 Å². The van der Waals surface area contributed by atoms with Crippen molar-refractivity contribution in [2.45, 2.75) is 10.1 Å². The lowest BCUT2D eigenvalue weighted by atomic mass is 10.3. The molecule has 0 saturated carbocycles. The molecule has 3 heterocycles. The molecule has 0 radical (unpaired) electrons. The minimum Gasteiger partial charge on any atom is -0.339 e. The molecule has 31 heavy (non-hydrogen) atoms. The highest BCUT2D eigenvalue weighted by Gasteiger charge is 2.30. The van der Waals surface area contributed by atoms with Crippen LogP contribution in [0.1, 0.15) is 0 Å². The van der Waals surface area contributed by atoms with Crippen molar-refractivity contribution in [3.05, 3.63) is 47.6 Å². The Hall–Kier alpha value is -2.28. The molecule has 3 aromatic rings. The number of carbonyl (C=O) groups excluding carboxylic acids is 1. The number of aromatic nitrogens is 3. The first-order chi connectivity index (χ1) is 14.9. The minimum absolute atomic E-state index is 0.0772. The van der Waals surface area contributed by atoms with E-state index in [4.69, 9.17) is 0 Å². The second-order valence-electron chi connectivity index (χ2n) is 6.87. The van der Waals surface area contributed by atoms with Crippen molar-refractivity contribution in [2.24, 2.45) is 7.05 Å². The van der Waals surface area contributed by atoms with Gasteiger partial charge in [-0.2, -0.15) is 4.31 Å². The molecule has 0 N–H and O–H groups in total. The second kappa shape index (κ2) is 9.07. The van der Waals surface area contributed by atoms with Gasteiger partial charge in [-0.1, -0.05) is 23.9 Å². The van der Waals surface area contributed by atoms with Crippen LogP contribution in [0.25, 0.3) is 10.7 Å². The summed E-state index contributed by atoms with van der Waals surface area (Å²) in [6, 6.07) is 8.86. The summed E-state index contributed by atoms with van der Waals surface area (Å²) in [5.41, 5.74) is 0. The van der Waals surface area contributed by atoms with E-state index in [0.717, 1.165) is 16.8 Å². The number of halogens is 1. The van der Waals surface area contributed by atoms with Crippen molar-refractivity contribution in [2.75, 3.05) is 31.9 Å². The molecule has 1 aromatic carbocycles. The normalized spacial score (nSPS) is 15.4. The molecule has 12 heteroatoms. The third kappa shape index (κ3) is 4.66. The summed E-state index contributed by atoms with van der Waals surface area (Å²) in [5, 5.41) is 11.0. The van der Waals surface area contributed by atoms with Crippen molar-refractivity contribution in [3.8, 4) is 10.7 Å². The van der Waals surface area contributed by atoms with E-state index in [9.17, 15) is 17.6 Å². The molecule has 1 aliphatic heterocycles. The maximum Gasteiger partial charge on any atom is 0.243 e. The first kappa shape index (κ1) is 21.9. The van der Waals surface area contributed by atoms with E-state index in [0.29, 0.717) is 5.16 Å². The molecule has 0 unspecified atom stereocenters. The Morgan fingerprint density at radius 2 is 1.94 bits per heavy atom. The van der Waals surface area contributed by atoms with Gasteiger partial charge in [0.15, 0.2) is 11.0 Å². The van der Waals surface area contributed by atoms with E-state index in [2.05, 4.69) is 10.2 Å². The average molecular weight is 482 g/mol. The summed E-state index contributed by atoms with van der Waals surface area (Å²) in [7, 11) is -1.92. The molecule has 164 valence electrons. The number of carbonyl (C=O) groups is 1. The number of piperazine rings is 1. The Labute approximate surface area is 187 Å². The quantitative estimate of drug-likeness (QED) is 0.502. The number of nitrogens with zero attached hydrogens (tertiary/aromatic N) is 5. The number of amides is 1. The summed E-state index contributed by atoms with van der Waals surface area (Å²) < 4.78 is 42.0. The zero-order valence-electron chi connectivity index (χ0n) is 16.6. The maximum absolute atomic E-state index is 13.4. The summed E-state index contributed by atoms with van der Waals surface area (Å²) >= 11 is 2.87. The van der Waals surface area contributed by atoms with E-state index in [1.807, 2.05) is 29.1 Å². The number of rotatable bonds is 6. The molecule has 0 aliphatic carbocycles. The standard InChI is InChI=1S/C19H20FN5O3S3/c1-23-18(16-6-3-11-29-16)21-22-19(23)30-13-17(26)24-7-9-25(10-8-24)31(27,28)15-5-2-4-14(20)12-15/h2-6,11-12H,7-10,13H2,1H3. The van der Waals surface area contributed by atoms with Gasteiger partial charge in [-0.25, -0.2) is 12.8 Å². The largest absolute Gasteiger partial charge is 0.339 e. The fourth-order valence-corrected chi connectivity index (χ4v) is 6.24. The lowest BCUT2D eigenvalue weighted by Gasteiger charge is -2.34.